The normalized spacial score (nSPS) is 17.5. The topological polar surface area (TPSA) is 81.2 Å². The maximum Gasteiger partial charge on any atom is 0.227 e. The number of carbonyl (C=O) groups excluding carboxylic acids is 2. The van der Waals surface area contributed by atoms with Crippen LogP contribution in [0.3, 0.4) is 0 Å². The number of aryl methyl sites for hydroxylation is 2. The Labute approximate surface area is 147 Å². The van der Waals surface area contributed by atoms with Crippen LogP contribution in [0.1, 0.15) is 29.8 Å². The molecule has 1 aromatic carbocycles. The van der Waals surface area contributed by atoms with E-state index in [1.807, 2.05) is 48.9 Å². The first kappa shape index (κ1) is 17.2. The Bertz CT molecular complexity index is 779. The van der Waals surface area contributed by atoms with E-state index in [2.05, 4.69) is 5.10 Å². The second-order valence-electron chi connectivity index (χ2n) is 6.76. The van der Waals surface area contributed by atoms with Crippen molar-refractivity contribution in [1.82, 2.24) is 14.7 Å². The van der Waals surface area contributed by atoms with Crippen molar-refractivity contribution in [3.8, 4) is 5.69 Å². The molecule has 132 valence electrons. The molecular weight excluding hydrogens is 316 g/mol. The molecule has 0 radical (unpaired) electrons. The lowest BCUT2D eigenvalue weighted by molar-refractivity contribution is -0.134. The van der Waals surface area contributed by atoms with Crippen LogP contribution in [-0.2, 0) is 16.0 Å². The summed E-state index contributed by atoms with van der Waals surface area (Å²) in [5.74, 6) is -0.484. The molecule has 1 saturated heterocycles. The van der Waals surface area contributed by atoms with Gasteiger partial charge in [0.15, 0.2) is 0 Å². The predicted octanol–water partition coefficient (Wildman–Crippen LogP) is 1.76. The number of amides is 2. The number of rotatable bonds is 4. The van der Waals surface area contributed by atoms with Crippen LogP contribution >= 0.6 is 0 Å². The monoisotopic (exact) mass is 340 g/mol. The number of hydrogen-bond acceptors (Lipinski definition) is 3. The highest BCUT2D eigenvalue weighted by Crippen LogP contribution is 2.18. The van der Waals surface area contributed by atoms with Crippen LogP contribution in [0.15, 0.2) is 30.3 Å². The highest BCUT2D eigenvalue weighted by Gasteiger charge is 2.26. The van der Waals surface area contributed by atoms with Crippen molar-refractivity contribution in [3.63, 3.8) is 0 Å². The molecule has 0 unspecified atom stereocenters. The maximum atomic E-state index is 12.5. The fraction of sp³-hybridized carbons (Fsp3) is 0.421. The molecule has 0 aliphatic carbocycles. The molecular formula is C19H24N4O2. The third kappa shape index (κ3) is 3.90. The highest BCUT2D eigenvalue weighted by atomic mass is 16.2. The number of hydrogen-bond donors (Lipinski definition) is 1. The van der Waals surface area contributed by atoms with E-state index in [9.17, 15) is 9.59 Å². The molecule has 1 fully saturated rings. The van der Waals surface area contributed by atoms with Gasteiger partial charge in [-0.2, -0.15) is 5.10 Å². The lowest BCUT2D eigenvalue weighted by atomic mass is 9.97. The summed E-state index contributed by atoms with van der Waals surface area (Å²) in [4.78, 5) is 25.6. The van der Waals surface area contributed by atoms with E-state index >= 15 is 0 Å². The van der Waals surface area contributed by atoms with E-state index in [4.69, 9.17) is 5.73 Å². The molecule has 2 aromatic rings. The molecule has 1 aliphatic heterocycles. The van der Waals surface area contributed by atoms with Crippen molar-refractivity contribution < 1.29 is 9.59 Å². The van der Waals surface area contributed by atoms with Gasteiger partial charge in [-0.05, 0) is 50.5 Å². The Morgan fingerprint density at radius 1 is 1.24 bits per heavy atom. The van der Waals surface area contributed by atoms with Gasteiger partial charge in [0, 0.05) is 18.8 Å². The molecule has 0 saturated carbocycles. The van der Waals surface area contributed by atoms with Gasteiger partial charge in [-0.1, -0.05) is 12.1 Å². The third-order valence-corrected chi connectivity index (χ3v) is 4.72. The molecule has 1 aromatic heterocycles. The fourth-order valence-electron chi connectivity index (χ4n) is 3.37. The summed E-state index contributed by atoms with van der Waals surface area (Å²) in [7, 11) is 0. The van der Waals surface area contributed by atoms with E-state index < -0.39 is 0 Å². The smallest absolute Gasteiger partial charge is 0.227 e. The molecule has 25 heavy (non-hydrogen) atoms. The number of benzene rings is 1. The van der Waals surface area contributed by atoms with Crippen LogP contribution in [0.4, 0.5) is 0 Å². The summed E-state index contributed by atoms with van der Waals surface area (Å²) in [5, 5.41) is 4.47. The molecule has 1 aliphatic rings. The first-order chi connectivity index (χ1) is 11.9. The van der Waals surface area contributed by atoms with Crippen molar-refractivity contribution in [3.05, 3.63) is 47.3 Å². The summed E-state index contributed by atoms with van der Waals surface area (Å²) >= 11 is 0. The van der Waals surface area contributed by atoms with Crippen molar-refractivity contribution in [1.29, 1.82) is 0 Å². The Balaban J connectivity index is 1.66. The fourth-order valence-corrected chi connectivity index (χ4v) is 3.37. The van der Waals surface area contributed by atoms with E-state index in [1.165, 1.54) is 0 Å². The standard InChI is InChI=1S/C19H24N4O2/c1-13-10-14(2)23(21-13)17-7-5-15(6-8-17)11-18(24)22-9-3-4-16(12-22)19(20)25/h5-8,10,16H,3-4,9,11-12H2,1-2H3,(H2,20,25)/t16-/m0/s1. The van der Waals surface area contributed by atoms with E-state index in [-0.39, 0.29) is 17.7 Å². The van der Waals surface area contributed by atoms with Gasteiger partial charge >= 0.3 is 0 Å². The Morgan fingerprint density at radius 2 is 1.96 bits per heavy atom. The Kier molecular flexibility index (Phi) is 4.88. The average molecular weight is 340 g/mol. The van der Waals surface area contributed by atoms with E-state index in [0.717, 1.165) is 35.5 Å². The molecule has 3 rings (SSSR count). The predicted molar refractivity (Wildman–Crippen MR) is 95.2 cm³/mol. The number of nitrogens with zero attached hydrogens (tertiary/aromatic N) is 3. The summed E-state index contributed by atoms with van der Waals surface area (Å²) in [6, 6.07) is 9.90. The molecule has 2 heterocycles. The van der Waals surface area contributed by atoms with Crippen molar-refractivity contribution in [2.45, 2.75) is 33.1 Å². The maximum absolute atomic E-state index is 12.5. The summed E-state index contributed by atoms with van der Waals surface area (Å²) in [5.41, 5.74) is 9.37. The van der Waals surface area contributed by atoms with Crippen molar-refractivity contribution in [2.24, 2.45) is 11.7 Å². The number of likely N-dealkylation sites (tertiary alicyclic amines) is 1. The largest absolute Gasteiger partial charge is 0.369 e. The minimum atomic E-state index is -0.313. The van der Waals surface area contributed by atoms with Crippen molar-refractivity contribution >= 4 is 11.8 Å². The Morgan fingerprint density at radius 3 is 2.56 bits per heavy atom. The van der Waals surface area contributed by atoms with Crippen LogP contribution in [0.5, 0.6) is 0 Å². The SMILES string of the molecule is Cc1cc(C)n(-c2ccc(CC(=O)N3CCC[C@H](C(N)=O)C3)cc2)n1. The molecule has 2 amide bonds. The highest BCUT2D eigenvalue weighted by molar-refractivity contribution is 5.81. The summed E-state index contributed by atoms with van der Waals surface area (Å²) in [6.07, 6.45) is 1.94. The van der Waals surface area contributed by atoms with Gasteiger partial charge in [0.25, 0.3) is 0 Å². The number of primary amides is 1. The zero-order valence-electron chi connectivity index (χ0n) is 14.7. The molecule has 1 atom stereocenters. The summed E-state index contributed by atoms with van der Waals surface area (Å²) < 4.78 is 1.89. The molecule has 2 N–H and O–H groups in total. The molecule has 6 nitrogen and oxygen atoms in total. The number of carbonyl (C=O) groups is 2. The first-order valence-electron chi connectivity index (χ1n) is 8.63. The van der Waals surface area contributed by atoms with Crippen LogP contribution < -0.4 is 5.73 Å². The second kappa shape index (κ2) is 7.09. The van der Waals surface area contributed by atoms with Crippen LogP contribution in [0.25, 0.3) is 5.69 Å². The molecule has 0 bridgehead atoms. The first-order valence-corrected chi connectivity index (χ1v) is 8.63. The van der Waals surface area contributed by atoms with E-state index in [1.54, 1.807) is 4.90 Å². The van der Waals surface area contributed by atoms with Gasteiger partial charge in [0.1, 0.15) is 0 Å². The minimum Gasteiger partial charge on any atom is -0.369 e. The number of aromatic nitrogens is 2. The molecule has 6 heteroatoms. The third-order valence-electron chi connectivity index (χ3n) is 4.72. The van der Waals surface area contributed by atoms with Crippen LogP contribution in [-0.4, -0.2) is 39.6 Å². The van der Waals surface area contributed by atoms with Gasteiger partial charge in [0.05, 0.1) is 23.7 Å². The lowest BCUT2D eigenvalue weighted by Crippen LogP contribution is -2.44. The van der Waals surface area contributed by atoms with Gasteiger partial charge in [-0.25, -0.2) is 4.68 Å². The molecule has 0 spiro atoms. The zero-order chi connectivity index (χ0) is 18.0. The second-order valence-corrected chi connectivity index (χ2v) is 6.76. The van der Waals surface area contributed by atoms with Gasteiger partial charge in [-0.15, -0.1) is 0 Å². The number of piperidine rings is 1. The Hall–Kier alpha value is -2.63. The number of nitrogens with two attached hydrogens (primary N) is 1. The zero-order valence-corrected chi connectivity index (χ0v) is 14.7. The van der Waals surface area contributed by atoms with Gasteiger partial charge in [-0.3, -0.25) is 9.59 Å². The van der Waals surface area contributed by atoms with Gasteiger partial charge < -0.3 is 10.6 Å². The van der Waals surface area contributed by atoms with Crippen molar-refractivity contribution in [2.75, 3.05) is 13.1 Å². The van der Waals surface area contributed by atoms with Crippen LogP contribution in [0, 0.1) is 19.8 Å². The quantitative estimate of drug-likeness (QED) is 0.921. The lowest BCUT2D eigenvalue weighted by Gasteiger charge is -2.31. The summed E-state index contributed by atoms with van der Waals surface area (Å²) in [6.45, 7) is 5.13. The van der Waals surface area contributed by atoms with Gasteiger partial charge in [0.2, 0.25) is 11.8 Å². The minimum absolute atomic E-state index is 0.0461. The average Bonchev–Trinajstić information content (AvgIpc) is 2.94. The van der Waals surface area contributed by atoms with E-state index in [0.29, 0.717) is 19.5 Å². The van der Waals surface area contributed by atoms with Crippen LogP contribution in [0.2, 0.25) is 0 Å².